The number of aliphatic hydroxyl groups excluding tert-OH is 1. The normalized spacial score (nSPS) is 16.9. The summed E-state index contributed by atoms with van der Waals surface area (Å²) in [4.78, 5) is 25.6. The van der Waals surface area contributed by atoms with Crippen LogP contribution < -0.4 is 10.2 Å². The average molecular weight is 485 g/mol. The predicted molar refractivity (Wildman–Crippen MR) is 104 cm³/mol. The van der Waals surface area contributed by atoms with Crippen LogP contribution in [0.25, 0.3) is 0 Å². The minimum Gasteiger partial charge on any atom is -0.465 e. The van der Waals surface area contributed by atoms with Crippen molar-refractivity contribution in [1.82, 2.24) is 5.32 Å². The van der Waals surface area contributed by atoms with Gasteiger partial charge in [0, 0.05) is 18.5 Å². The summed E-state index contributed by atoms with van der Waals surface area (Å²) in [5, 5.41) is 12.1. The van der Waals surface area contributed by atoms with Crippen LogP contribution in [0, 0.1) is 0 Å². The molecule has 0 unspecified atom stereocenters. The number of alkyl halides is 2. The molecule has 0 saturated carbocycles. The van der Waals surface area contributed by atoms with Gasteiger partial charge < -0.3 is 24.8 Å². The second-order valence-corrected chi connectivity index (χ2v) is 9.80. The molecule has 0 spiro atoms. The predicted octanol–water partition coefficient (Wildman–Crippen LogP) is 3.18. The van der Waals surface area contributed by atoms with Crippen LogP contribution in [0.5, 0.6) is 0 Å². The molecule has 0 bridgehead atoms. The standard InChI is InChI=1S/C17H23BrF2N2O5S/c1-16(2,3)27-15(25)21-9(7-23)6-22-8-17(19,20)5-10-11(22)12(14(24)26-4)28-13(10)18/h9,23H,5-8H2,1-4H3,(H,21,25)/t9-/m0/s1. The second kappa shape index (κ2) is 8.50. The lowest BCUT2D eigenvalue weighted by atomic mass is 10.0. The van der Waals surface area contributed by atoms with Crippen molar-refractivity contribution in [2.24, 2.45) is 0 Å². The van der Waals surface area contributed by atoms with Gasteiger partial charge in [-0.15, -0.1) is 11.3 Å². The van der Waals surface area contributed by atoms with Crippen LogP contribution >= 0.6 is 27.3 Å². The number of hydrogen-bond acceptors (Lipinski definition) is 7. The van der Waals surface area contributed by atoms with E-state index in [1.54, 1.807) is 20.8 Å². The van der Waals surface area contributed by atoms with Crippen LogP contribution in [0.1, 0.15) is 36.0 Å². The molecule has 1 aromatic heterocycles. The summed E-state index contributed by atoms with van der Waals surface area (Å²) < 4.78 is 38.9. The summed E-state index contributed by atoms with van der Waals surface area (Å²) in [5.74, 6) is -3.67. The Morgan fingerprint density at radius 3 is 2.61 bits per heavy atom. The van der Waals surface area contributed by atoms with Gasteiger partial charge in [-0.1, -0.05) is 0 Å². The monoisotopic (exact) mass is 484 g/mol. The van der Waals surface area contributed by atoms with Crippen molar-refractivity contribution < 1.29 is 33.0 Å². The maximum absolute atomic E-state index is 14.3. The lowest BCUT2D eigenvalue weighted by Crippen LogP contribution is -2.52. The van der Waals surface area contributed by atoms with Gasteiger partial charge in [-0.25, -0.2) is 18.4 Å². The second-order valence-electron chi connectivity index (χ2n) is 7.46. The van der Waals surface area contributed by atoms with Gasteiger partial charge in [0.25, 0.3) is 5.92 Å². The molecular formula is C17H23BrF2N2O5S. The molecule has 1 atom stereocenters. The van der Waals surface area contributed by atoms with E-state index in [4.69, 9.17) is 9.47 Å². The number of anilines is 1. The molecule has 1 aliphatic rings. The minimum absolute atomic E-state index is 0.133. The molecule has 158 valence electrons. The van der Waals surface area contributed by atoms with E-state index in [9.17, 15) is 23.5 Å². The number of esters is 1. The first-order valence-corrected chi connectivity index (χ1v) is 10.1. The quantitative estimate of drug-likeness (QED) is 0.624. The number of aliphatic hydroxyl groups is 1. The molecule has 28 heavy (non-hydrogen) atoms. The van der Waals surface area contributed by atoms with E-state index in [0.717, 1.165) is 11.3 Å². The minimum atomic E-state index is -3.03. The van der Waals surface area contributed by atoms with Gasteiger partial charge in [0.05, 0.1) is 35.8 Å². The number of amides is 1. The Morgan fingerprint density at radius 2 is 2.07 bits per heavy atom. The van der Waals surface area contributed by atoms with E-state index in [1.165, 1.54) is 12.0 Å². The molecule has 2 N–H and O–H groups in total. The first-order valence-electron chi connectivity index (χ1n) is 8.49. The number of rotatable bonds is 5. The topological polar surface area (TPSA) is 88.1 Å². The number of ether oxygens (including phenoxy) is 2. The molecule has 2 heterocycles. The molecule has 1 aromatic rings. The molecule has 0 fully saturated rings. The van der Waals surface area contributed by atoms with Crippen molar-refractivity contribution in [3.63, 3.8) is 0 Å². The van der Waals surface area contributed by atoms with Gasteiger partial charge in [-0.05, 0) is 36.7 Å². The van der Waals surface area contributed by atoms with Crippen LogP contribution in [-0.2, 0) is 15.9 Å². The first kappa shape index (κ1) is 22.8. The molecule has 7 nitrogen and oxygen atoms in total. The van der Waals surface area contributed by atoms with Crippen LogP contribution in [0.2, 0.25) is 0 Å². The summed E-state index contributed by atoms with van der Waals surface area (Å²) in [6.45, 7) is 3.78. The van der Waals surface area contributed by atoms with Gasteiger partial charge in [-0.3, -0.25) is 0 Å². The summed E-state index contributed by atoms with van der Waals surface area (Å²) >= 11 is 4.26. The lowest BCUT2D eigenvalue weighted by molar-refractivity contribution is 0.00440. The largest absolute Gasteiger partial charge is 0.465 e. The highest BCUT2D eigenvalue weighted by Crippen LogP contribution is 2.46. The zero-order valence-corrected chi connectivity index (χ0v) is 18.4. The summed E-state index contributed by atoms with van der Waals surface area (Å²) in [7, 11) is 1.21. The van der Waals surface area contributed by atoms with E-state index in [0.29, 0.717) is 15.0 Å². The molecule has 1 aliphatic heterocycles. The van der Waals surface area contributed by atoms with Gasteiger partial charge in [0.15, 0.2) is 0 Å². The number of hydrogen-bond donors (Lipinski definition) is 2. The zero-order chi connectivity index (χ0) is 21.3. The van der Waals surface area contributed by atoms with Crippen molar-refractivity contribution in [3.8, 4) is 0 Å². The molecule has 2 rings (SSSR count). The number of carbonyl (C=O) groups excluding carboxylic acids is 2. The third-order valence-corrected chi connectivity index (χ3v) is 5.81. The van der Waals surface area contributed by atoms with Gasteiger partial charge >= 0.3 is 12.1 Å². The Bertz CT molecular complexity index is 751. The number of thiophene rings is 1. The third-order valence-electron chi connectivity index (χ3n) is 3.86. The number of carbonyl (C=O) groups is 2. The fourth-order valence-corrected chi connectivity index (χ4v) is 4.67. The number of methoxy groups -OCH3 is 1. The highest BCUT2D eigenvalue weighted by molar-refractivity contribution is 9.11. The van der Waals surface area contributed by atoms with Gasteiger partial charge in [0.2, 0.25) is 0 Å². The van der Waals surface area contributed by atoms with Crippen molar-refractivity contribution in [1.29, 1.82) is 0 Å². The van der Waals surface area contributed by atoms with E-state index < -0.39 is 49.2 Å². The smallest absolute Gasteiger partial charge is 0.408 e. The molecule has 0 aliphatic carbocycles. The highest BCUT2D eigenvalue weighted by Gasteiger charge is 2.43. The van der Waals surface area contributed by atoms with Crippen LogP contribution in [0.3, 0.4) is 0 Å². The number of nitrogens with zero attached hydrogens (tertiary/aromatic N) is 1. The summed E-state index contributed by atoms with van der Waals surface area (Å²) in [5.41, 5.74) is -0.110. The Hall–Kier alpha value is -1.46. The van der Waals surface area contributed by atoms with E-state index in [1.807, 2.05) is 0 Å². The zero-order valence-electron chi connectivity index (χ0n) is 16.0. The molecule has 0 radical (unpaired) electrons. The Labute approximate surface area is 174 Å². The van der Waals surface area contributed by atoms with Gasteiger partial charge in [0.1, 0.15) is 10.5 Å². The number of nitrogens with one attached hydrogen (secondary N) is 1. The molecule has 0 aromatic carbocycles. The van der Waals surface area contributed by atoms with Crippen molar-refractivity contribution >= 4 is 45.0 Å². The lowest BCUT2D eigenvalue weighted by Gasteiger charge is -2.37. The molecular weight excluding hydrogens is 462 g/mol. The Morgan fingerprint density at radius 1 is 1.43 bits per heavy atom. The number of halogens is 3. The first-order chi connectivity index (χ1) is 12.9. The maximum atomic E-state index is 14.3. The van der Waals surface area contributed by atoms with Crippen LogP contribution in [0.15, 0.2) is 3.79 Å². The van der Waals surface area contributed by atoms with Crippen molar-refractivity contribution in [2.75, 3.05) is 31.7 Å². The molecule has 0 saturated heterocycles. The van der Waals surface area contributed by atoms with E-state index in [2.05, 4.69) is 21.2 Å². The fourth-order valence-electron chi connectivity index (χ4n) is 2.87. The van der Waals surface area contributed by atoms with Crippen LogP contribution in [0.4, 0.5) is 19.3 Å². The fraction of sp³-hybridized carbons (Fsp3) is 0.647. The average Bonchev–Trinajstić information content (AvgIpc) is 2.87. The van der Waals surface area contributed by atoms with Crippen molar-refractivity contribution in [2.45, 2.75) is 44.8 Å². The number of fused-ring (bicyclic) bond motifs is 1. The number of alkyl carbamates (subject to hydrolysis) is 1. The SMILES string of the molecule is COC(=O)c1sc(Br)c2c1N(C[C@@H](CO)NC(=O)OC(C)(C)C)CC(F)(F)C2. The van der Waals surface area contributed by atoms with Gasteiger partial charge in [-0.2, -0.15) is 0 Å². The van der Waals surface area contributed by atoms with Crippen molar-refractivity contribution in [3.05, 3.63) is 14.2 Å². The summed E-state index contributed by atoms with van der Waals surface area (Å²) in [6.07, 6.45) is -1.29. The third kappa shape index (κ3) is 5.54. The van der Waals surface area contributed by atoms with E-state index >= 15 is 0 Å². The van der Waals surface area contributed by atoms with Crippen LogP contribution in [-0.4, -0.2) is 61.5 Å². The molecule has 11 heteroatoms. The van der Waals surface area contributed by atoms with E-state index in [-0.39, 0.29) is 11.4 Å². The highest BCUT2D eigenvalue weighted by atomic mass is 79.9. The molecule has 1 amide bonds. The maximum Gasteiger partial charge on any atom is 0.408 e. The Kier molecular flexibility index (Phi) is 6.93. The summed E-state index contributed by atoms with van der Waals surface area (Å²) in [6, 6.07) is -0.874. The Balaban J connectivity index is 2.29.